The van der Waals surface area contributed by atoms with Crippen molar-refractivity contribution < 1.29 is 14.7 Å². The topological polar surface area (TPSA) is 57.6 Å². The lowest BCUT2D eigenvalue weighted by molar-refractivity contribution is 0.0697. The van der Waals surface area contributed by atoms with Crippen molar-refractivity contribution in [1.29, 1.82) is 0 Å². The highest BCUT2D eigenvalue weighted by atomic mass is 16.4. The lowest BCUT2D eigenvalue weighted by Crippen LogP contribution is -2.28. The summed E-state index contributed by atoms with van der Waals surface area (Å²) in [6.45, 7) is 6.33. The number of amides is 1. The largest absolute Gasteiger partial charge is 0.478 e. The maximum Gasteiger partial charge on any atom is 0.337 e. The molecule has 4 heteroatoms. The zero-order valence-electron chi connectivity index (χ0n) is 13.8. The molecule has 2 aromatic carbocycles. The number of hydrogen-bond donors (Lipinski definition) is 1. The van der Waals surface area contributed by atoms with Crippen LogP contribution in [0.4, 0.5) is 5.69 Å². The van der Waals surface area contributed by atoms with Gasteiger partial charge in [0, 0.05) is 12.6 Å². The highest BCUT2D eigenvalue weighted by Gasteiger charge is 2.20. The number of carbonyl (C=O) groups excluding carboxylic acids is 1. The van der Waals surface area contributed by atoms with Crippen LogP contribution in [0.5, 0.6) is 0 Å². The molecule has 0 saturated heterocycles. The molecule has 4 nitrogen and oxygen atoms in total. The highest BCUT2D eigenvalue weighted by molar-refractivity contribution is 6.09. The number of nitrogens with zero attached hydrogens (tertiary/aromatic N) is 1. The fourth-order valence-corrected chi connectivity index (χ4v) is 2.36. The summed E-state index contributed by atoms with van der Waals surface area (Å²) in [5.41, 5.74) is 2.17. The van der Waals surface area contributed by atoms with Crippen LogP contribution >= 0.6 is 0 Å². The Morgan fingerprint density at radius 3 is 2.04 bits per heavy atom. The van der Waals surface area contributed by atoms with Gasteiger partial charge >= 0.3 is 5.97 Å². The normalized spacial score (nSPS) is 11.1. The summed E-state index contributed by atoms with van der Waals surface area (Å²) in [5.74, 6) is -1.29. The lowest BCUT2D eigenvalue weighted by atomic mass is 9.86. The fourth-order valence-electron chi connectivity index (χ4n) is 2.36. The third kappa shape index (κ3) is 3.59. The van der Waals surface area contributed by atoms with Crippen molar-refractivity contribution in [3.05, 3.63) is 65.2 Å². The standard InChI is InChI=1S/C19H21NO3/c1-19(2,3)14-11-9-13(10-12-14)17(21)20(4)16-8-6-5-7-15(16)18(22)23/h5-12H,1-4H3,(H,22,23). The Morgan fingerprint density at radius 2 is 1.52 bits per heavy atom. The Bertz CT molecular complexity index is 727. The highest BCUT2D eigenvalue weighted by Crippen LogP contribution is 2.24. The van der Waals surface area contributed by atoms with Crippen molar-refractivity contribution in [1.82, 2.24) is 0 Å². The fraction of sp³-hybridized carbons (Fsp3) is 0.263. The molecule has 0 radical (unpaired) electrons. The van der Waals surface area contributed by atoms with Gasteiger partial charge in [0.2, 0.25) is 0 Å². The van der Waals surface area contributed by atoms with Gasteiger partial charge < -0.3 is 10.0 Å². The molecule has 0 heterocycles. The maximum atomic E-state index is 12.6. The molecule has 0 aliphatic carbocycles. The second-order valence-electron chi connectivity index (χ2n) is 6.51. The van der Waals surface area contributed by atoms with Gasteiger partial charge in [-0.2, -0.15) is 0 Å². The second kappa shape index (κ2) is 6.24. The predicted molar refractivity (Wildman–Crippen MR) is 91.3 cm³/mol. The second-order valence-corrected chi connectivity index (χ2v) is 6.51. The average molecular weight is 311 g/mol. The van der Waals surface area contributed by atoms with Crippen molar-refractivity contribution in [3.63, 3.8) is 0 Å². The van der Waals surface area contributed by atoms with Gasteiger partial charge in [0.15, 0.2) is 0 Å². The Kier molecular flexibility index (Phi) is 4.55. The van der Waals surface area contributed by atoms with Crippen molar-refractivity contribution in [2.75, 3.05) is 11.9 Å². The van der Waals surface area contributed by atoms with E-state index in [-0.39, 0.29) is 16.9 Å². The van der Waals surface area contributed by atoms with Gasteiger partial charge in [-0.05, 0) is 35.2 Å². The van der Waals surface area contributed by atoms with Gasteiger partial charge in [0.05, 0.1) is 11.3 Å². The van der Waals surface area contributed by atoms with Gasteiger partial charge in [-0.15, -0.1) is 0 Å². The van der Waals surface area contributed by atoms with Crippen LogP contribution in [-0.2, 0) is 5.41 Å². The molecular formula is C19H21NO3. The van der Waals surface area contributed by atoms with E-state index in [0.717, 1.165) is 5.56 Å². The minimum absolute atomic E-state index is 0.0172. The van der Waals surface area contributed by atoms with Crippen molar-refractivity contribution in [2.45, 2.75) is 26.2 Å². The molecule has 0 aliphatic rings. The molecule has 0 spiro atoms. The number of rotatable bonds is 3. The third-order valence-electron chi connectivity index (χ3n) is 3.80. The first-order valence-corrected chi connectivity index (χ1v) is 7.42. The number of hydrogen-bond acceptors (Lipinski definition) is 2. The Morgan fingerprint density at radius 1 is 0.957 bits per heavy atom. The van der Waals surface area contributed by atoms with E-state index in [1.54, 1.807) is 37.4 Å². The van der Waals surface area contributed by atoms with E-state index in [1.165, 1.54) is 11.0 Å². The molecule has 120 valence electrons. The molecule has 0 atom stereocenters. The molecule has 0 fully saturated rings. The number of anilines is 1. The molecule has 0 bridgehead atoms. The monoisotopic (exact) mass is 311 g/mol. The van der Waals surface area contributed by atoms with Crippen LogP contribution in [0.15, 0.2) is 48.5 Å². The Balaban J connectivity index is 2.32. The first-order chi connectivity index (χ1) is 10.7. The third-order valence-corrected chi connectivity index (χ3v) is 3.80. The Labute approximate surface area is 136 Å². The molecule has 0 aromatic heterocycles. The van der Waals surface area contributed by atoms with Gasteiger partial charge in [-0.25, -0.2) is 4.79 Å². The van der Waals surface area contributed by atoms with E-state index in [2.05, 4.69) is 20.8 Å². The van der Waals surface area contributed by atoms with Gasteiger partial charge in [0.25, 0.3) is 5.91 Å². The van der Waals surface area contributed by atoms with E-state index in [9.17, 15) is 14.7 Å². The van der Waals surface area contributed by atoms with Gasteiger partial charge in [-0.3, -0.25) is 4.79 Å². The number of carbonyl (C=O) groups is 2. The first kappa shape index (κ1) is 16.7. The molecule has 1 amide bonds. The van der Waals surface area contributed by atoms with Gasteiger partial charge in [-0.1, -0.05) is 45.0 Å². The quantitative estimate of drug-likeness (QED) is 0.933. The smallest absolute Gasteiger partial charge is 0.337 e. The summed E-state index contributed by atoms with van der Waals surface area (Å²) in [5, 5.41) is 9.25. The van der Waals surface area contributed by atoms with Crippen molar-refractivity contribution in [3.8, 4) is 0 Å². The van der Waals surface area contributed by atoms with Crippen molar-refractivity contribution >= 4 is 17.6 Å². The van der Waals surface area contributed by atoms with Crippen LogP contribution in [0, 0.1) is 0 Å². The molecule has 0 unspecified atom stereocenters. The lowest BCUT2D eigenvalue weighted by Gasteiger charge is -2.21. The zero-order valence-corrected chi connectivity index (χ0v) is 13.8. The number of para-hydroxylation sites is 1. The Hall–Kier alpha value is -2.62. The predicted octanol–water partition coefficient (Wildman–Crippen LogP) is 3.96. The first-order valence-electron chi connectivity index (χ1n) is 7.42. The number of carboxylic acid groups (broad SMARTS) is 1. The minimum Gasteiger partial charge on any atom is -0.478 e. The average Bonchev–Trinajstić information content (AvgIpc) is 2.52. The van der Waals surface area contributed by atoms with E-state index in [0.29, 0.717) is 11.3 Å². The summed E-state index contributed by atoms with van der Waals surface area (Å²) in [6.07, 6.45) is 0. The molecule has 1 N–H and O–H groups in total. The molecule has 23 heavy (non-hydrogen) atoms. The van der Waals surface area contributed by atoms with Crippen LogP contribution in [0.1, 0.15) is 47.1 Å². The number of benzene rings is 2. The van der Waals surface area contributed by atoms with Crippen LogP contribution in [0.2, 0.25) is 0 Å². The maximum absolute atomic E-state index is 12.6. The molecular weight excluding hydrogens is 290 g/mol. The molecule has 0 aliphatic heterocycles. The van der Waals surface area contributed by atoms with Gasteiger partial charge in [0.1, 0.15) is 0 Å². The van der Waals surface area contributed by atoms with E-state index in [4.69, 9.17) is 0 Å². The molecule has 2 aromatic rings. The SMILES string of the molecule is CN(C(=O)c1ccc(C(C)(C)C)cc1)c1ccccc1C(=O)O. The van der Waals surface area contributed by atoms with E-state index < -0.39 is 5.97 Å². The van der Waals surface area contributed by atoms with Crippen LogP contribution in [-0.4, -0.2) is 24.0 Å². The minimum atomic E-state index is -1.05. The summed E-state index contributed by atoms with van der Waals surface area (Å²) in [4.78, 5) is 25.3. The zero-order chi connectivity index (χ0) is 17.2. The molecule has 2 rings (SSSR count). The summed E-state index contributed by atoms with van der Waals surface area (Å²) < 4.78 is 0. The van der Waals surface area contributed by atoms with Crippen molar-refractivity contribution in [2.24, 2.45) is 0 Å². The van der Waals surface area contributed by atoms with Crippen LogP contribution in [0.25, 0.3) is 0 Å². The number of aromatic carboxylic acids is 1. The summed E-state index contributed by atoms with van der Waals surface area (Å²) in [7, 11) is 1.59. The summed E-state index contributed by atoms with van der Waals surface area (Å²) >= 11 is 0. The van der Waals surface area contributed by atoms with Crippen LogP contribution < -0.4 is 4.90 Å². The van der Waals surface area contributed by atoms with E-state index in [1.807, 2.05) is 12.1 Å². The summed E-state index contributed by atoms with van der Waals surface area (Å²) in [6, 6.07) is 13.9. The van der Waals surface area contributed by atoms with Crippen LogP contribution in [0.3, 0.4) is 0 Å². The van der Waals surface area contributed by atoms with E-state index >= 15 is 0 Å². The molecule has 0 saturated carbocycles. The number of carboxylic acids is 1.